The summed E-state index contributed by atoms with van der Waals surface area (Å²) in [5.41, 5.74) is 2.37. The summed E-state index contributed by atoms with van der Waals surface area (Å²) in [5, 5.41) is 0.836. The summed E-state index contributed by atoms with van der Waals surface area (Å²) >= 11 is 6.42. The zero-order chi connectivity index (χ0) is 24.8. The van der Waals surface area contributed by atoms with Gasteiger partial charge in [-0.1, -0.05) is 29.8 Å². The second kappa shape index (κ2) is 12.1. The van der Waals surface area contributed by atoms with Gasteiger partial charge in [-0.2, -0.15) is 0 Å². The lowest BCUT2D eigenvalue weighted by molar-refractivity contribution is -0.132. The number of carbonyl (C=O) groups is 1. The predicted molar refractivity (Wildman–Crippen MR) is 143 cm³/mol. The summed E-state index contributed by atoms with van der Waals surface area (Å²) in [6, 6.07) is 16.8. The number of amides is 1. The maximum atomic E-state index is 13.1. The van der Waals surface area contributed by atoms with Crippen molar-refractivity contribution >= 4 is 23.2 Å². The van der Waals surface area contributed by atoms with Gasteiger partial charge in [0.05, 0.1) is 7.11 Å². The van der Waals surface area contributed by atoms with E-state index in [1.807, 2.05) is 24.3 Å². The van der Waals surface area contributed by atoms with Crippen LogP contribution in [0.3, 0.4) is 0 Å². The maximum absolute atomic E-state index is 13.1. The van der Waals surface area contributed by atoms with Crippen molar-refractivity contribution in [1.29, 1.82) is 0 Å². The lowest BCUT2D eigenvalue weighted by Gasteiger charge is -2.42. The number of halogens is 1. The Labute approximate surface area is 215 Å². The van der Waals surface area contributed by atoms with Gasteiger partial charge in [-0.15, -0.1) is 0 Å². The lowest BCUT2D eigenvalue weighted by Crippen LogP contribution is -2.50. The van der Waals surface area contributed by atoms with Crippen LogP contribution in [-0.4, -0.2) is 87.1 Å². The van der Waals surface area contributed by atoms with Gasteiger partial charge in [0.2, 0.25) is 5.91 Å². The average Bonchev–Trinajstić information content (AvgIpc) is 2.88. The van der Waals surface area contributed by atoms with Gasteiger partial charge in [-0.25, -0.2) is 0 Å². The fourth-order valence-electron chi connectivity index (χ4n) is 5.54. The Bertz CT molecular complexity index is 960. The monoisotopic (exact) mass is 498 g/mol. The fraction of sp³-hybridized carbons (Fsp3) is 0.536. The summed E-state index contributed by atoms with van der Waals surface area (Å²) < 4.78 is 5.26. The highest BCUT2D eigenvalue weighted by Crippen LogP contribution is 2.28. The lowest BCUT2D eigenvalue weighted by atomic mass is 9.87. The van der Waals surface area contributed by atoms with E-state index in [4.69, 9.17) is 16.3 Å². The smallest absolute Gasteiger partial charge is 0.222 e. The van der Waals surface area contributed by atoms with E-state index >= 15 is 0 Å². The molecule has 2 aliphatic rings. The molecule has 2 aromatic carbocycles. The molecule has 2 atom stereocenters. The third-order valence-electron chi connectivity index (χ3n) is 7.59. The molecule has 0 saturated carbocycles. The Morgan fingerprint density at radius 3 is 2.40 bits per heavy atom. The van der Waals surface area contributed by atoms with Crippen molar-refractivity contribution in [3.05, 3.63) is 59.1 Å². The minimum Gasteiger partial charge on any atom is -0.497 e. The van der Waals surface area contributed by atoms with Crippen LogP contribution in [0.4, 0.5) is 5.69 Å². The average molecular weight is 499 g/mol. The van der Waals surface area contributed by atoms with E-state index in [0.29, 0.717) is 24.3 Å². The first-order chi connectivity index (χ1) is 16.9. The van der Waals surface area contributed by atoms with Gasteiger partial charge in [-0.05, 0) is 75.3 Å². The number of likely N-dealkylation sites (tertiary alicyclic amines) is 1. The first-order valence-electron chi connectivity index (χ1n) is 12.7. The molecule has 35 heavy (non-hydrogen) atoms. The van der Waals surface area contributed by atoms with E-state index in [2.05, 4.69) is 58.0 Å². The van der Waals surface area contributed by atoms with Crippen LogP contribution in [0.5, 0.6) is 5.75 Å². The summed E-state index contributed by atoms with van der Waals surface area (Å²) in [4.78, 5) is 22.4. The summed E-state index contributed by atoms with van der Waals surface area (Å²) in [6.45, 7) is 6.24. The van der Waals surface area contributed by atoms with Crippen LogP contribution >= 0.6 is 11.6 Å². The van der Waals surface area contributed by atoms with Crippen LogP contribution in [0.25, 0.3) is 0 Å². The van der Waals surface area contributed by atoms with Crippen LogP contribution in [0, 0.1) is 5.92 Å². The highest BCUT2D eigenvalue weighted by molar-refractivity contribution is 6.31. The van der Waals surface area contributed by atoms with Gasteiger partial charge in [-0.3, -0.25) is 9.69 Å². The molecule has 1 amide bonds. The summed E-state index contributed by atoms with van der Waals surface area (Å²) in [6.07, 6.45) is 2.67. The number of methoxy groups -OCH3 is 1. The molecule has 0 aliphatic carbocycles. The van der Waals surface area contributed by atoms with Crippen LogP contribution < -0.4 is 9.64 Å². The van der Waals surface area contributed by atoms with Gasteiger partial charge >= 0.3 is 0 Å². The maximum Gasteiger partial charge on any atom is 0.222 e. The molecule has 0 unspecified atom stereocenters. The third kappa shape index (κ3) is 6.69. The molecular weight excluding hydrogens is 460 g/mol. The summed E-state index contributed by atoms with van der Waals surface area (Å²) in [7, 11) is 6.02. The summed E-state index contributed by atoms with van der Waals surface area (Å²) in [5.74, 6) is 1.64. The Morgan fingerprint density at radius 1 is 1.03 bits per heavy atom. The SMILES string of the molecule is COc1ccc(N2CCN(C(=O)CC[C@H]3CN(Cc4ccccc4Cl)CC[C@H]3N(C)C)CC2)cc1. The van der Waals surface area contributed by atoms with Gasteiger partial charge in [0.1, 0.15) is 5.75 Å². The Balaban J connectivity index is 1.28. The van der Waals surface area contributed by atoms with E-state index in [9.17, 15) is 4.79 Å². The van der Waals surface area contributed by atoms with Gasteiger partial charge in [0.15, 0.2) is 0 Å². The van der Waals surface area contributed by atoms with Crippen LogP contribution in [-0.2, 0) is 11.3 Å². The molecule has 0 N–H and O–H groups in total. The van der Waals surface area contributed by atoms with Gasteiger partial charge in [0.25, 0.3) is 0 Å². The number of benzene rings is 2. The molecule has 2 saturated heterocycles. The number of nitrogens with zero attached hydrogens (tertiary/aromatic N) is 4. The molecule has 190 valence electrons. The molecule has 2 aromatic rings. The number of piperidine rings is 1. The van der Waals surface area contributed by atoms with E-state index in [1.54, 1.807) is 7.11 Å². The molecule has 2 aliphatic heterocycles. The number of anilines is 1. The van der Waals surface area contributed by atoms with E-state index in [-0.39, 0.29) is 0 Å². The van der Waals surface area contributed by atoms with Crippen molar-refractivity contribution in [2.75, 3.05) is 65.4 Å². The van der Waals surface area contributed by atoms with E-state index in [0.717, 1.165) is 69.4 Å². The molecule has 2 heterocycles. The van der Waals surface area contributed by atoms with Crippen molar-refractivity contribution in [2.45, 2.75) is 31.8 Å². The van der Waals surface area contributed by atoms with Crippen molar-refractivity contribution in [3.8, 4) is 5.75 Å². The number of hydrogen-bond donors (Lipinski definition) is 0. The molecule has 0 spiro atoms. The number of rotatable bonds is 8. The molecular formula is C28H39ClN4O2. The van der Waals surface area contributed by atoms with Crippen molar-refractivity contribution in [1.82, 2.24) is 14.7 Å². The third-order valence-corrected chi connectivity index (χ3v) is 7.96. The zero-order valence-electron chi connectivity index (χ0n) is 21.3. The van der Waals surface area contributed by atoms with E-state index < -0.39 is 0 Å². The quantitative estimate of drug-likeness (QED) is 0.544. The predicted octanol–water partition coefficient (Wildman–Crippen LogP) is 4.23. The van der Waals surface area contributed by atoms with Crippen molar-refractivity contribution in [2.24, 2.45) is 5.92 Å². The molecule has 2 fully saturated rings. The van der Waals surface area contributed by atoms with Crippen molar-refractivity contribution in [3.63, 3.8) is 0 Å². The minimum atomic E-state index is 0.292. The second-order valence-corrected chi connectivity index (χ2v) is 10.4. The number of piperazine rings is 1. The first kappa shape index (κ1) is 25.8. The topological polar surface area (TPSA) is 39.3 Å². The van der Waals surface area contributed by atoms with Crippen molar-refractivity contribution < 1.29 is 9.53 Å². The standard InChI is InChI=1S/C28H39ClN4O2/c1-30(2)27-14-15-31(20-22-6-4-5-7-26(22)29)21-23(27)8-13-28(34)33-18-16-32(17-19-33)24-9-11-25(35-3)12-10-24/h4-7,9-12,23,27H,8,13-21H2,1-3H3/t23-,27+/m0/s1. The van der Waals surface area contributed by atoms with Crippen LogP contribution in [0.15, 0.2) is 48.5 Å². The molecule has 0 bridgehead atoms. The molecule has 0 aromatic heterocycles. The highest BCUT2D eigenvalue weighted by Gasteiger charge is 2.32. The van der Waals surface area contributed by atoms with E-state index in [1.165, 1.54) is 11.3 Å². The highest BCUT2D eigenvalue weighted by atomic mass is 35.5. The Hall–Kier alpha value is -2.28. The van der Waals surface area contributed by atoms with Gasteiger partial charge in [0, 0.05) is 62.4 Å². The number of ether oxygens (including phenoxy) is 1. The molecule has 7 heteroatoms. The number of carbonyl (C=O) groups excluding carboxylic acids is 1. The zero-order valence-corrected chi connectivity index (χ0v) is 22.1. The Morgan fingerprint density at radius 2 is 1.74 bits per heavy atom. The molecule has 0 radical (unpaired) electrons. The second-order valence-electron chi connectivity index (χ2n) is 10.0. The normalized spacial score (nSPS) is 21.4. The van der Waals surface area contributed by atoms with Gasteiger partial charge < -0.3 is 19.4 Å². The van der Waals surface area contributed by atoms with Crippen LogP contribution in [0.2, 0.25) is 5.02 Å². The van der Waals surface area contributed by atoms with Crippen LogP contribution in [0.1, 0.15) is 24.8 Å². The first-order valence-corrected chi connectivity index (χ1v) is 13.1. The molecule has 6 nitrogen and oxygen atoms in total. The number of hydrogen-bond acceptors (Lipinski definition) is 5. The minimum absolute atomic E-state index is 0.292. The molecule has 4 rings (SSSR count). The fourth-order valence-corrected chi connectivity index (χ4v) is 5.74. The Kier molecular flexibility index (Phi) is 8.93. The largest absolute Gasteiger partial charge is 0.497 e.